The Kier molecular flexibility index (Phi) is 2.70. The van der Waals surface area contributed by atoms with Gasteiger partial charge in [0.1, 0.15) is 5.75 Å². The van der Waals surface area contributed by atoms with Gasteiger partial charge in [-0.3, -0.25) is 0 Å². The predicted molar refractivity (Wildman–Crippen MR) is 66.9 cm³/mol. The Morgan fingerprint density at radius 3 is 2.38 bits per heavy atom. The molecule has 0 bridgehead atoms. The van der Waals surface area contributed by atoms with E-state index in [-0.39, 0.29) is 5.54 Å². The third kappa shape index (κ3) is 1.71. The van der Waals surface area contributed by atoms with Crippen molar-refractivity contribution in [1.29, 1.82) is 0 Å². The number of benzene rings is 1. The third-order valence-electron chi connectivity index (χ3n) is 3.50. The average Bonchev–Trinajstić information content (AvgIpc) is 2.96. The summed E-state index contributed by atoms with van der Waals surface area (Å²) in [4.78, 5) is 0. The van der Waals surface area contributed by atoms with Crippen molar-refractivity contribution in [1.82, 2.24) is 0 Å². The first-order valence-electron chi connectivity index (χ1n) is 5.96. The highest BCUT2D eigenvalue weighted by Crippen LogP contribution is 2.48. The van der Waals surface area contributed by atoms with Crippen LogP contribution in [0.3, 0.4) is 0 Å². The number of hydrogen-bond acceptors (Lipinski definition) is 2. The van der Waals surface area contributed by atoms with E-state index in [1.807, 2.05) is 0 Å². The normalized spacial score (nSPS) is 17.6. The van der Waals surface area contributed by atoms with Gasteiger partial charge in [-0.2, -0.15) is 0 Å². The summed E-state index contributed by atoms with van der Waals surface area (Å²) in [6, 6.07) is 4.30. The van der Waals surface area contributed by atoms with Crippen LogP contribution in [0.25, 0.3) is 0 Å². The number of hydrogen-bond donors (Lipinski definition) is 1. The van der Waals surface area contributed by atoms with Gasteiger partial charge in [0.2, 0.25) is 0 Å². The molecule has 0 unspecified atom stereocenters. The molecule has 0 heterocycles. The van der Waals surface area contributed by atoms with E-state index >= 15 is 0 Å². The second kappa shape index (κ2) is 3.77. The maximum Gasteiger partial charge on any atom is 0.125 e. The molecule has 0 aromatic heterocycles. The lowest BCUT2D eigenvalue weighted by molar-refractivity contribution is 0.402. The molecule has 0 radical (unpaired) electrons. The topological polar surface area (TPSA) is 35.2 Å². The molecule has 2 heteroatoms. The van der Waals surface area contributed by atoms with Gasteiger partial charge in [0.05, 0.1) is 7.11 Å². The van der Waals surface area contributed by atoms with Crippen LogP contribution in [0.15, 0.2) is 12.1 Å². The van der Waals surface area contributed by atoms with Crippen LogP contribution in [-0.2, 0) is 5.54 Å². The Balaban J connectivity index is 2.61. The minimum atomic E-state index is -0.0828. The number of methoxy groups -OCH3 is 1. The molecule has 0 amide bonds. The molecule has 0 atom stereocenters. The fourth-order valence-electron chi connectivity index (χ4n) is 2.39. The summed E-state index contributed by atoms with van der Waals surface area (Å²) < 4.78 is 5.55. The summed E-state index contributed by atoms with van der Waals surface area (Å²) in [5.74, 6) is 1.47. The first-order chi connectivity index (χ1) is 7.49. The van der Waals surface area contributed by atoms with Gasteiger partial charge < -0.3 is 10.5 Å². The summed E-state index contributed by atoms with van der Waals surface area (Å²) in [6.07, 6.45) is 2.19. The van der Waals surface area contributed by atoms with Gasteiger partial charge in [0, 0.05) is 11.1 Å². The summed E-state index contributed by atoms with van der Waals surface area (Å²) in [5.41, 5.74) is 10.0. The van der Waals surface area contributed by atoms with E-state index in [4.69, 9.17) is 10.5 Å². The molecule has 2 rings (SSSR count). The van der Waals surface area contributed by atoms with E-state index in [2.05, 4.69) is 32.9 Å². The molecule has 1 saturated carbocycles. The molecule has 0 saturated heterocycles. The first kappa shape index (κ1) is 11.5. The molecule has 1 aromatic carbocycles. The van der Waals surface area contributed by atoms with Gasteiger partial charge in [-0.25, -0.2) is 0 Å². The standard InChI is InChI=1S/C14H21NO/c1-9(2)12-11(14(15)7-8-14)6-5-10(3)13(12)16-4/h5-6,9H,7-8,15H2,1-4H3. The molecule has 0 aliphatic heterocycles. The minimum absolute atomic E-state index is 0.0828. The largest absolute Gasteiger partial charge is 0.496 e. The van der Waals surface area contributed by atoms with Crippen molar-refractivity contribution < 1.29 is 4.74 Å². The van der Waals surface area contributed by atoms with E-state index in [0.29, 0.717) is 5.92 Å². The Labute approximate surface area is 97.8 Å². The monoisotopic (exact) mass is 219 g/mol. The van der Waals surface area contributed by atoms with Gasteiger partial charge in [-0.15, -0.1) is 0 Å². The van der Waals surface area contributed by atoms with Crippen molar-refractivity contribution in [2.75, 3.05) is 7.11 Å². The SMILES string of the molecule is COc1c(C)ccc(C2(N)CC2)c1C(C)C. The average molecular weight is 219 g/mol. The predicted octanol–water partition coefficient (Wildman–Crippen LogP) is 3.07. The molecule has 1 aliphatic rings. The van der Waals surface area contributed by atoms with Crippen LogP contribution in [0, 0.1) is 6.92 Å². The van der Waals surface area contributed by atoms with Crippen LogP contribution in [-0.4, -0.2) is 7.11 Å². The smallest absolute Gasteiger partial charge is 0.125 e. The Morgan fingerprint density at radius 1 is 1.31 bits per heavy atom. The Morgan fingerprint density at radius 2 is 1.94 bits per heavy atom. The zero-order chi connectivity index (χ0) is 11.9. The van der Waals surface area contributed by atoms with E-state index in [1.165, 1.54) is 16.7 Å². The van der Waals surface area contributed by atoms with E-state index in [1.54, 1.807) is 7.11 Å². The van der Waals surface area contributed by atoms with Crippen LogP contribution < -0.4 is 10.5 Å². The highest BCUT2D eigenvalue weighted by atomic mass is 16.5. The summed E-state index contributed by atoms with van der Waals surface area (Å²) >= 11 is 0. The van der Waals surface area contributed by atoms with Gasteiger partial charge in [-0.05, 0) is 36.8 Å². The summed E-state index contributed by atoms with van der Waals surface area (Å²) in [7, 11) is 1.74. The van der Waals surface area contributed by atoms with Crippen LogP contribution in [0.4, 0.5) is 0 Å². The van der Waals surface area contributed by atoms with Crippen LogP contribution in [0.1, 0.15) is 49.3 Å². The number of aryl methyl sites for hydroxylation is 1. The molecule has 88 valence electrons. The first-order valence-corrected chi connectivity index (χ1v) is 5.96. The van der Waals surface area contributed by atoms with Crippen molar-refractivity contribution >= 4 is 0 Å². The Hall–Kier alpha value is -1.02. The lowest BCUT2D eigenvalue weighted by Crippen LogP contribution is -2.21. The van der Waals surface area contributed by atoms with Gasteiger partial charge in [0.25, 0.3) is 0 Å². The zero-order valence-corrected chi connectivity index (χ0v) is 10.6. The van der Waals surface area contributed by atoms with Crippen molar-refractivity contribution in [2.24, 2.45) is 5.73 Å². The van der Waals surface area contributed by atoms with Crippen LogP contribution in [0.2, 0.25) is 0 Å². The number of nitrogens with two attached hydrogens (primary N) is 1. The van der Waals surface area contributed by atoms with E-state index < -0.39 is 0 Å². The third-order valence-corrected chi connectivity index (χ3v) is 3.50. The van der Waals surface area contributed by atoms with Crippen molar-refractivity contribution in [2.45, 2.75) is 45.1 Å². The maximum atomic E-state index is 6.32. The quantitative estimate of drug-likeness (QED) is 0.848. The summed E-state index contributed by atoms with van der Waals surface area (Å²) in [5, 5.41) is 0. The highest BCUT2D eigenvalue weighted by molar-refractivity contribution is 5.51. The fourth-order valence-corrected chi connectivity index (χ4v) is 2.39. The molecular formula is C14H21NO. The second-order valence-corrected chi connectivity index (χ2v) is 5.19. The lowest BCUT2D eigenvalue weighted by Gasteiger charge is -2.22. The van der Waals surface area contributed by atoms with Crippen molar-refractivity contribution in [3.8, 4) is 5.75 Å². The fraction of sp³-hybridized carbons (Fsp3) is 0.571. The lowest BCUT2D eigenvalue weighted by atomic mass is 9.89. The molecule has 0 spiro atoms. The molecular weight excluding hydrogens is 198 g/mol. The van der Waals surface area contributed by atoms with Crippen molar-refractivity contribution in [3.63, 3.8) is 0 Å². The molecule has 1 aliphatic carbocycles. The maximum absolute atomic E-state index is 6.32. The highest BCUT2D eigenvalue weighted by Gasteiger charge is 2.42. The van der Waals surface area contributed by atoms with Crippen LogP contribution in [0.5, 0.6) is 5.75 Å². The molecule has 1 aromatic rings. The Bertz CT molecular complexity index is 405. The number of ether oxygens (including phenoxy) is 1. The van der Waals surface area contributed by atoms with Crippen molar-refractivity contribution in [3.05, 3.63) is 28.8 Å². The van der Waals surface area contributed by atoms with Crippen LogP contribution >= 0.6 is 0 Å². The second-order valence-electron chi connectivity index (χ2n) is 5.19. The zero-order valence-electron chi connectivity index (χ0n) is 10.6. The number of rotatable bonds is 3. The molecule has 1 fully saturated rings. The van der Waals surface area contributed by atoms with E-state index in [9.17, 15) is 0 Å². The molecule has 16 heavy (non-hydrogen) atoms. The molecule has 2 nitrogen and oxygen atoms in total. The minimum Gasteiger partial charge on any atom is -0.496 e. The van der Waals surface area contributed by atoms with Gasteiger partial charge in [0.15, 0.2) is 0 Å². The van der Waals surface area contributed by atoms with E-state index in [0.717, 1.165) is 18.6 Å². The van der Waals surface area contributed by atoms with Gasteiger partial charge >= 0.3 is 0 Å². The molecule has 2 N–H and O–H groups in total. The van der Waals surface area contributed by atoms with Gasteiger partial charge in [-0.1, -0.05) is 26.0 Å². The summed E-state index contributed by atoms with van der Waals surface area (Å²) in [6.45, 7) is 6.49.